The van der Waals surface area contributed by atoms with E-state index in [4.69, 9.17) is 18.8 Å². The molecule has 204 valence electrons. The molecular formula is C40H22N2O2. The van der Waals surface area contributed by atoms with E-state index < -0.39 is 0 Å². The molecule has 0 aliphatic rings. The molecule has 7 aromatic carbocycles. The summed E-state index contributed by atoms with van der Waals surface area (Å²) >= 11 is 0. The number of benzene rings is 7. The second-order valence-corrected chi connectivity index (χ2v) is 11.3. The van der Waals surface area contributed by atoms with Gasteiger partial charge in [0.15, 0.2) is 0 Å². The van der Waals surface area contributed by atoms with E-state index in [-0.39, 0.29) is 0 Å². The molecule has 0 saturated heterocycles. The van der Waals surface area contributed by atoms with Gasteiger partial charge < -0.3 is 8.83 Å². The highest BCUT2D eigenvalue weighted by Gasteiger charge is 2.18. The van der Waals surface area contributed by atoms with Crippen LogP contribution in [0.5, 0.6) is 0 Å². The van der Waals surface area contributed by atoms with Gasteiger partial charge in [0.05, 0.1) is 28.3 Å². The topological polar surface area (TPSA) is 52.1 Å². The number of hydrogen-bond acceptors (Lipinski definition) is 4. The van der Waals surface area contributed by atoms with Gasteiger partial charge in [-0.2, -0.15) is 0 Å². The molecule has 0 amide bonds. The highest BCUT2D eigenvalue weighted by molar-refractivity contribution is 6.24. The summed E-state index contributed by atoms with van der Waals surface area (Å²) in [6, 6.07) is 44.0. The standard InChI is InChI=1S/C40H22N2O2/c1-3-13-28-26(11-1)27-12-2-4-14-29(27)38-37(28)41-22-33(42-38)24-10-7-9-23(21-24)25-16-8-17-30-31-19-20-35-36(40(31)44-39(25)30)32-15-5-6-18-34(32)43-35/h1-22H. The van der Waals surface area contributed by atoms with Crippen molar-refractivity contribution in [3.05, 3.63) is 134 Å². The second kappa shape index (κ2) is 8.76. The molecule has 4 heteroatoms. The molecule has 3 aromatic heterocycles. The van der Waals surface area contributed by atoms with Gasteiger partial charge >= 0.3 is 0 Å². The molecule has 44 heavy (non-hydrogen) atoms. The molecule has 4 nitrogen and oxygen atoms in total. The first-order chi connectivity index (χ1) is 21.8. The van der Waals surface area contributed by atoms with Crippen molar-refractivity contribution < 1.29 is 8.83 Å². The van der Waals surface area contributed by atoms with Crippen LogP contribution < -0.4 is 0 Å². The number of nitrogens with zero attached hydrogens (tertiary/aromatic N) is 2. The number of aromatic nitrogens is 2. The van der Waals surface area contributed by atoms with Gasteiger partial charge in [0.1, 0.15) is 22.3 Å². The van der Waals surface area contributed by atoms with E-state index in [0.29, 0.717) is 0 Å². The highest BCUT2D eigenvalue weighted by atomic mass is 16.3. The predicted molar refractivity (Wildman–Crippen MR) is 180 cm³/mol. The van der Waals surface area contributed by atoms with Crippen molar-refractivity contribution in [3.63, 3.8) is 0 Å². The minimum absolute atomic E-state index is 0.830. The number of para-hydroxylation sites is 2. The maximum absolute atomic E-state index is 6.72. The van der Waals surface area contributed by atoms with Crippen LogP contribution in [0.25, 0.3) is 98.8 Å². The predicted octanol–water partition coefficient (Wildman–Crippen LogP) is 11.1. The molecule has 10 rings (SSSR count). The van der Waals surface area contributed by atoms with Gasteiger partial charge in [-0.05, 0) is 40.6 Å². The lowest BCUT2D eigenvalue weighted by atomic mass is 9.98. The van der Waals surface area contributed by atoms with Crippen molar-refractivity contribution in [2.24, 2.45) is 0 Å². The monoisotopic (exact) mass is 562 g/mol. The van der Waals surface area contributed by atoms with Crippen LogP contribution >= 0.6 is 0 Å². The third kappa shape index (κ3) is 3.22. The largest absolute Gasteiger partial charge is 0.456 e. The van der Waals surface area contributed by atoms with E-state index in [2.05, 4.69) is 103 Å². The molecule has 0 saturated carbocycles. The Labute approximate surface area is 250 Å². The van der Waals surface area contributed by atoms with E-state index >= 15 is 0 Å². The Balaban J connectivity index is 1.18. The SMILES string of the molecule is c1cc(-c2cnc3c4ccccc4c4ccccc4c3n2)cc(-c2cccc3c2oc2c3ccc3oc4ccccc4c32)c1. The Kier molecular flexibility index (Phi) is 4.69. The van der Waals surface area contributed by atoms with Gasteiger partial charge in [-0.15, -0.1) is 0 Å². The summed E-state index contributed by atoms with van der Waals surface area (Å²) < 4.78 is 12.9. The van der Waals surface area contributed by atoms with Crippen LogP contribution in [0.1, 0.15) is 0 Å². The fraction of sp³-hybridized carbons (Fsp3) is 0. The highest BCUT2D eigenvalue weighted by Crippen LogP contribution is 2.42. The Morgan fingerprint density at radius 1 is 0.432 bits per heavy atom. The molecule has 0 spiro atoms. The van der Waals surface area contributed by atoms with Gasteiger partial charge in [0.2, 0.25) is 0 Å². The average Bonchev–Trinajstić information content (AvgIpc) is 3.67. The lowest BCUT2D eigenvalue weighted by Gasteiger charge is -2.11. The molecule has 0 unspecified atom stereocenters. The first-order valence-corrected chi connectivity index (χ1v) is 14.7. The second-order valence-electron chi connectivity index (χ2n) is 11.3. The van der Waals surface area contributed by atoms with E-state index in [1.54, 1.807) is 0 Å². The van der Waals surface area contributed by atoms with E-state index in [0.717, 1.165) is 88.1 Å². The zero-order valence-electron chi connectivity index (χ0n) is 23.4. The quantitative estimate of drug-likeness (QED) is 0.197. The first kappa shape index (κ1) is 23.6. The molecule has 0 radical (unpaired) electrons. The third-order valence-electron chi connectivity index (χ3n) is 8.90. The lowest BCUT2D eigenvalue weighted by Crippen LogP contribution is -1.92. The number of rotatable bonds is 2. The van der Waals surface area contributed by atoms with E-state index in [1.807, 2.05) is 30.5 Å². The van der Waals surface area contributed by atoms with Crippen LogP contribution in [-0.2, 0) is 0 Å². The smallest absolute Gasteiger partial charge is 0.147 e. The summed E-state index contributed by atoms with van der Waals surface area (Å²) in [6.07, 6.45) is 1.89. The summed E-state index contributed by atoms with van der Waals surface area (Å²) in [5.74, 6) is 0. The Morgan fingerprint density at radius 3 is 1.93 bits per heavy atom. The maximum Gasteiger partial charge on any atom is 0.147 e. The van der Waals surface area contributed by atoms with Crippen LogP contribution in [0, 0.1) is 0 Å². The molecule has 0 aliphatic carbocycles. The number of hydrogen-bond donors (Lipinski definition) is 0. The van der Waals surface area contributed by atoms with Crippen LogP contribution in [-0.4, -0.2) is 9.97 Å². The molecular weight excluding hydrogens is 540 g/mol. The van der Waals surface area contributed by atoms with Gasteiger partial charge in [-0.1, -0.05) is 103 Å². The summed E-state index contributed by atoms with van der Waals surface area (Å²) in [5.41, 5.74) is 9.18. The van der Waals surface area contributed by atoms with Crippen molar-refractivity contribution in [2.75, 3.05) is 0 Å². The maximum atomic E-state index is 6.72. The van der Waals surface area contributed by atoms with Gasteiger partial charge in [-0.25, -0.2) is 4.98 Å². The summed E-state index contributed by atoms with van der Waals surface area (Å²) in [4.78, 5) is 10.2. The lowest BCUT2D eigenvalue weighted by molar-refractivity contribution is 0.663. The van der Waals surface area contributed by atoms with Crippen LogP contribution in [0.2, 0.25) is 0 Å². The van der Waals surface area contributed by atoms with E-state index in [9.17, 15) is 0 Å². The average molecular weight is 563 g/mol. The summed E-state index contributed by atoms with van der Waals surface area (Å²) in [6.45, 7) is 0. The zero-order valence-corrected chi connectivity index (χ0v) is 23.4. The minimum Gasteiger partial charge on any atom is -0.456 e. The Hall–Kier alpha value is -6.00. The van der Waals surface area contributed by atoms with Crippen molar-refractivity contribution in [1.29, 1.82) is 0 Å². The van der Waals surface area contributed by atoms with Crippen LogP contribution in [0.15, 0.2) is 142 Å². The Bertz CT molecular complexity index is 2750. The van der Waals surface area contributed by atoms with Gasteiger partial charge in [0.25, 0.3) is 0 Å². The summed E-state index contributed by atoms with van der Waals surface area (Å²) in [7, 11) is 0. The molecule has 0 bridgehead atoms. The van der Waals surface area contributed by atoms with Crippen LogP contribution in [0.3, 0.4) is 0 Å². The molecule has 10 aromatic rings. The van der Waals surface area contributed by atoms with E-state index in [1.165, 1.54) is 10.8 Å². The van der Waals surface area contributed by atoms with Crippen molar-refractivity contribution in [3.8, 4) is 22.4 Å². The fourth-order valence-electron chi connectivity index (χ4n) is 6.90. The molecule has 0 N–H and O–H groups in total. The van der Waals surface area contributed by atoms with Crippen molar-refractivity contribution >= 4 is 76.5 Å². The molecule has 3 heterocycles. The third-order valence-corrected chi connectivity index (χ3v) is 8.90. The fourth-order valence-corrected chi connectivity index (χ4v) is 6.90. The molecule has 0 aliphatic heterocycles. The van der Waals surface area contributed by atoms with Crippen molar-refractivity contribution in [2.45, 2.75) is 0 Å². The molecule has 0 atom stereocenters. The normalized spacial score (nSPS) is 12.1. The van der Waals surface area contributed by atoms with Gasteiger partial charge in [-0.3, -0.25) is 4.98 Å². The molecule has 0 fully saturated rings. The minimum atomic E-state index is 0.830. The Morgan fingerprint density at radius 2 is 1.09 bits per heavy atom. The van der Waals surface area contributed by atoms with Crippen LogP contribution in [0.4, 0.5) is 0 Å². The summed E-state index contributed by atoms with van der Waals surface area (Å²) in [5, 5.41) is 8.84. The number of fused-ring (bicyclic) bond motifs is 13. The van der Waals surface area contributed by atoms with Gasteiger partial charge in [0, 0.05) is 38.1 Å². The zero-order chi connectivity index (χ0) is 28.8. The first-order valence-electron chi connectivity index (χ1n) is 14.7. The number of furan rings is 2. The van der Waals surface area contributed by atoms with Crippen molar-refractivity contribution in [1.82, 2.24) is 9.97 Å².